The monoisotopic (exact) mass is 349 g/mol. The Kier molecular flexibility index (Phi) is 7.57. The fourth-order valence-corrected chi connectivity index (χ4v) is 1.95. The first-order valence-corrected chi connectivity index (χ1v) is 8.06. The summed E-state index contributed by atoms with van der Waals surface area (Å²) in [5.41, 5.74) is 1.23. The Hall–Kier alpha value is -2.41. The van der Waals surface area contributed by atoms with E-state index in [0.717, 1.165) is 11.1 Å². The zero-order valence-corrected chi connectivity index (χ0v) is 15.4. The second-order valence-electron chi connectivity index (χ2n) is 6.88. The minimum Gasteiger partial charge on any atom is -0.444 e. The van der Waals surface area contributed by atoms with Crippen LogP contribution in [-0.4, -0.2) is 58.8 Å². The molecular formula is C18H27N3O4. The number of hydrogen-bond acceptors (Lipinski definition) is 5. The third kappa shape index (κ3) is 8.85. The van der Waals surface area contributed by atoms with Gasteiger partial charge in [-0.15, -0.1) is 0 Å². The van der Waals surface area contributed by atoms with Gasteiger partial charge in [-0.3, -0.25) is 9.78 Å². The van der Waals surface area contributed by atoms with E-state index in [9.17, 15) is 14.7 Å². The molecule has 1 unspecified atom stereocenters. The van der Waals surface area contributed by atoms with Crippen molar-refractivity contribution in [2.45, 2.75) is 39.4 Å². The van der Waals surface area contributed by atoms with Crippen molar-refractivity contribution in [3.63, 3.8) is 0 Å². The van der Waals surface area contributed by atoms with Crippen molar-refractivity contribution in [2.75, 3.05) is 20.1 Å². The zero-order chi connectivity index (χ0) is 19.0. The largest absolute Gasteiger partial charge is 0.444 e. The van der Waals surface area contributed by atoms with E-state index < -0.39 is 17.8 Å². The molecular weight excluding hydrogens is 322 g/mol. The van der Waals surface area contributed by atoms with Gasteiger partial charge >= 0.3 is 6.09 Å². The molecule has 0 spiro atoms. The number of alkyl carbamates (subject to hydrolysis) is 1. The van der Waals surface area contributed by atoms with Crippen molar-refractivity contribution in [1.82, 2.24) is 15.2 Å². The first-order chi connectivity index (χ1) is 11.6. The van der Waals surface area contributed by atoms with Crippen LogP contribution >= 0.6 is 0 Å². The van der Waals surface area contributed by atoms with E-state index in [2.05, 4.69) is 10.3 Å². The predicted octanol–water partition coefficient (Wildman–Crippen LogP) is 1.75. The van der Waals surface area contributed by atoms with Gasteiger partial charge in [0.1, 0.15) is 5.60 Å². The molecule has 1 aromatic rings. The third-order valence-corrected chi connectivity index (χ3v) is 3.06. The van der Waals surface area contributed by atoms with Gasteiger partial charge in [-0.25, -0.2) is 4.79 Å². The number of rotatable bonds is 6. The van der Waals surface area contributed by atoms with E-state index in [0.29, 0.717) is 0 Å². The van der Waals surface area contributed by atoms with Crippen molar-refractivity contribution in [3.8, 4) is 0 Å². The summed E-state index contributed by atoms with van der Waals surface area (Å²) in [6, 6.07) is 1.91. The average molecular weight is 349 g/mol. The lowest BCUT2D eigenvalue weighted by atomic mass is 10.2. The molecule has 0 aromatic carbocycles. The highest BCUT2D eigenvalue weighted by atomic mass is 16.6. The van der Waals surface area contributed by atoms with Crippen LogP contribution in [0.5, 0.6) is 0 Å². The van der Waals surface area contributed by atoms with Gasteiger partial charge in [0.05, 0.1) is 6.10 Å². The molecule has 0 fully saturated rings. The van der Waals surface area contributed by atoms with Crippen molar-refractivity contribution >= 4 is 18.1 Å². The molecule has 1 aromatic heterocycles. The van der Waals surface area contributed by atoms with Crippen LogP contribution < -0.4 is 5.32 Å². The van der Waals surface area contributed by atoms with Gasteiger partial charge in [-0.2, -0.15) is 0 Å². The van der Waals surface area contributed by atoms with Crippen LogP contribution in [0.4, 0.5) is 4.79 Å². The Morgan fingerprint density at radius 2 is 2.08 bits per heavy atom. The van der Waals surface area contributed by atoms with Gasteiger partial charge < -0.3 is 20.1 Å². The molecule has 1 atom stereocenters. The number of aromatic nitrogens is 1. The minimum absolute atomic E-state index is 0.00194. The summed E-state index contributed by atoms with van der Waals surface area (Å²) in [6.07, 6.45) is 4.99. The topological polar surface area (TPSA) is 91.8 Å². The van der Waals surface area contributed by atoms with Crippen LogP contribution in [0.25, 0.3) is 6.08 Å². The lowest BCUT2D eigenvalue weighted by Crippen LogP contribution is -2.42. The van der Waals surface area contributed by atoms with Crippen LogP contribution in [0, 0.1) is 6.92 Å². The lowest BCUT2D eigenvalue weighted by molar-refractivity contribution is -0.125. The number of carbonyl (C=O) groups is 2. The number of aliphatic hydroxyl groups excluding tert-OH is 1. The molecule has 0 bridgehead atoms. The van der Waals surface area contributed by atoms with Crippen molar-refractivity contribution in [3.05, 3.63) is 35.7 Å². The number of ether oxygens (including phenoxy) is 1. The Morgan fingerprint density at radius 3 is 2.68 bits per heavy atom. The van der Waals surface area contributed by atoms with Crippen molar-refractivity contribution in [2.24, 2.45) is 0 Å². The summed E-state index contributed by atoms with van der Waals surface area (Å²) in [6.45, 7) is 7.28. The third-order valence-electron chi connectivity index (χ3n) is 3.06. The summed E-state index contributed by atoms with van der Waals surface area (Å²) in [5, 5.41) is 12.4. The highest BCUT2D eigenvalue weighted by Gasteiger charge is 2.18. The maximum atomic E-state index is 12.1. The smallest absolute Gasteiger partial charge is 0.407 e. The molecule has 0 aliphatic rings. The van der Waals surface area contributed by atoms with E-state index in [-0.39, 0.29) is 19.0 Å². The summed E-state index contributed by atoms with van der Waals surface area (Å²) < 4.78 is 5.08. The summed E-state index contributed by atoms with van der Waals surface area (Å²) in [7, 11) is 1.58. The number of pyridine rings is 1. The zero-order valence-electron chi connectivity index (χ0n) is 15.4. The number of likely N-dealkylation sites (N-methyl/N-ethyl adjacent to an activating group) is 1. The minimum atomic E-state index is -0.893. The fraction of sp³-hybridized carbons (Fsp3) is 0.500. The lowest BCUT2D eigenvalue weighted by Gasteiger charge is -2.22. The molecule has 0 aliphatic carbocycles. The van der Waals surface area contributed by atoms with Crippen LogP contribution in [0.3, 0.4) is 0 Å². The van der Waals surface area contributed by atoms with Gasteiger partial charge in [0.2, 0.25) is 5.91 Å². The van der Waals surface area contributed by atoms with Crippen LogP contribution in [-0.2, 0) is 9.53 Å². The normalized spacial score (nSPS) is 12.7. The van der Waals surface area contributed by atoms with Crippen LogP contribution in [0.1, 0.15) is 31.9 Å². The highest BCUT2D eigenvalue weighted by molar-refractivity contribution is 5.91. The molecule has 0 radical (unpaired) electrons. The molecule has 138 valence electrons. The number of aryl methyl sites for hydroxylation is 1. The Morgan fingerprint density at radius 1 is 1.40 bits per heavy atom. The molecule has 0 saturated carbocycles. The SMILES string of the molecule is Cc1cncc(C=CC(=O)N(C)CC(O)CNC(=O)OC(C)(C)C)c1. The van der Waals surface area contributed by atoms with E-state index in [1.165, 1.54) is 11.0 Å². The van der Waals surface area contributed by atoms with Crippen molar-refractivity contribution in [1.29, 1.82) is 0 Å². The second-order valence-corrected chi connectivity index (χ2v) is 6.88. The summed E-state index contributed by atoms with van der Waals surface area (Å²) >= 11 is 0. The number of nitrogens with zero attached hydrogens (tertiary/aromatic N) is 2. The van der Waals surface area contributed by atoms with Gasteiger partial charge in [0.25, 0.3) is 0 Å². The van der Waals surface area contributed by atoms with Gasteiger partial charge in [-0.1, -0.05) is 0 Å². The molecule has 2 amide bonds. The van der Waals surface area contributed by atoms with Crippen LogP contribution in [0.15, 0.2) is 24.5 Å². The number of aliphatic hydroxyl groups is 1. The molecule has 25 heavy (non-hydrogen) atoms. The Balaban J connectivity index is 2.42. The molecule has 0 saturated heterocycles. The second kappa shape index (κ2) is 9.17. The highest BCUT2D eigenvalue weighted by Crippen LogP contribution is 2.06. The molecule has 7 nitrogen and oxygen atoms in total. The average Bonchev–Trinajstić information content (AvgIpc) is 2.49. The summed E-state index contributed by atoms with van der Waals surface area (Å²) in [4.78, 5) is 29.0. The number of amides is 2. The Bertz CT molecular complexity index is 623. The molecule has 1 heterocycles. The van der Waals surface area contributed by atoms with Gasteiger partial charge in [-0.05, 0) is 51.0 Å². The molecule has 0 aliphatic heterocycles. The van der Waals surface area contributed by atoms with Gasteiger partial charge in [0, 0.05) is 38.6 Å². The standard InChI is InChI=1S/C18H27N3O4/c1-13-8-14(10-19-9-13)6-7-16(23)21(5)12-15(22)11-20-17(24)25-18(2,3)4/h6-10,15,22H,11-12H2,1-5H3,(H,20,24). The van der Waals surface area contributed by atoms with E-state index in [1.807, 2.05) is 13.0 Å². The quantitative estimate of drug-likeness (QED) is 0.764. The number of nitrogens with one attached hydrogen (secondary N) is 1. The maximum Gasteiger partial charge on any atom is 0.407 e. The maximum absolute atomic E-state index is 12.1. The van der Waals surface area contributed by atoms with E-state index in [1.54, 1.807) is 46.3 Å². The fourth-order valence-electron chi connectivity index (χ4n) is 1.95. The molecule has 1 rings (SSSR count). The van der Waals surface area contributed by atoms with Gasteiger partial charge in [0.15, 0.2) is 0 Å². The molecule has 2 N–H and O–H groups in total. The first kappa shape index (κ1) is 20.6. The molecule has 7 heteroatoms. The van der Waals surface area contributed by atoms with E-state index >= 15 is 0 Å². The summed E-state index contributed by atoms with van der Waals surface area (Å²) in [5.74, 6) is -0.252. The predicted molar refractivity (Wildman–Crippen MR) is 95.9 cm³/mol. The van der Waals surface area contributed by atoms with Crippen LogP contribution in [0.2, 0.25) is 0 Å². The number of carbonyl (C=O) groups excluding carboxylic acids is 2. The first-order valence-electron chi connectivity index (χ1n) is 8.06. The Labute approximate surface area is 148 Å². The number of hydrogen-bond donors (Lipinski definition) is 2. The van der Waals surface area contributed by atoms with E-state index in [4.69, 9.17) is 4.74 Å². The van der Waals surface area contributed by atoms with Crippen molar-refractivity contribution < 1.29 is 19.4 Å².